The van der Waals surface area contributed by atoms with Crippen LogP contribution in [0, 0.1) is 17.8 Å². The smallest absolute Gasteiger partial charge is 0.272 e. The number of hydrogen-bond acceptors (Lipinski definition) is 7. The Bertz CT molecular complexity index is 806. The minimum absolute atomic E-state index is 0.0393. The molecule has 0 bridgehead atoms. The second-order valence-electron chi connectivity index (χ2n) is 7.71. The van der Waals surface area contributed by atoms with E-state index >= 15 is 0 Å². The van der Waals surface area contributed by atoms with Crippen molar-refractivity contribution in [2.45, 2.75) is 46.3 Å². The summed E-state index contributed by atoms with van der Waals surface area (Å²) in [7, 11) is 0. The lowest BCUT2D eigenvalue weighted by Gasteiger charge is -2.26. The molecule has 0 aliphatic rings. The number of rotatable bonds is 9. The molecule has 0 saturated carbocycles. The molecule has 2 aromatic rings. The third-order valence-electron chi connectivity index (χ3n) is 4.53. The van der Waals surface area contributed by atoms with Gasteiger partial charge >= 0.3 is 0 Å². The molecule has 4 N–H and O–H groups in total. The molecular weight excluding hydrogens is 376 g/mol. The standard InChI is InChI=1S/C20H28N4O5/c1-11(2)10-14(16(25)19(27)23-28)18(26)21-15(12(3)4)20-22-17(24-29-20)13-8-6-5-7-9-13/h5-9,11-12,14-16,25,28H,10H2,1-4H3,(H,21,26)(H,23,27)/t14-,15-,16-/m0/s1. The lowest BCUT2D eigenvalue weighted by atomic mass is 9.90. The summed E-state index contributed by atoms with van der Waals surface area (Å²) in [5.41, 5.74) is 2.17. The summed E-state index contributed by atoms with van der Waals surface area (Å²) in [5.74, 6) is -2.02. The Morgan fingerprint density at radius 1 is 1.10 bits per heavy atom. The minimum Gasteiger partial charge on any atom is -0.382 e. The fourth-order valence-electron chi connectivity index (χ4n) is 2.98. The maximum atomic E-state index is 12.9. The van der Waals surface area contributed by atoms with E-state index in [1.165, 1.54) is 5.48 Å². The lowest BCUT2D eigenvalue weighted by Crippen LogP contribution is -2.47. The average molecular weight is 404 g/mol. The Morgan fingerprint density at radius 2 is 1.76 bits per heavy atom. The van der Waals surface area contributed by atoms with Gasteiger partial charge in [0.05, 0.1) is 5.92 Å². The van der Waals surface area contributed by atoms with Gasteiger partial charge in [0.1, 0.15) is 12.1 Å². The second-order valence-corrected chi connectivity index (χ2v) is 7.71. The second kappa shape index (κ2) is 10.1. The number of carbonyl (C=O) groups excluding carboxylic acids is 2. The maximum absolute atomic E-state index is 12.9. The van der Waals surface area contributed by atoms with Crippen molar-refractivity contribution < 1.29 is 24.4 Å². The zero-order valence-electron chi connectivity index (χ0n) is 17.0. The van der Waals surface area contributed by atoms with Crippen LogP contribution in [0.2, 0.25) is 0 Å². The van der Waals surface area contributed by atoms with E-state index in [0.29, 0.717) is 5.82 Å². The van der Waals surface area contributed by atoms with Crippen molar-refractivity contribution in [2.24, 2.45) is 17.8 Å². The zero-order valence-corrected chi connectivity index (χ0v) is 17.0. The highest BCUT2D eigenvalue weighted by Gasteiger charge is 2.35. The van der Waals surface area contributed by atoms with Crippen molar-refractivity contribution in [3.8, 4) is 11.4 Å². The molecule has 9 heteroatoms. The van der Waals surface area contributed by atoms with E-state index < -0.39 is 29.9 Å². The molecule has 29 heavy (non-hydrogen) atoms. The van der Waals surface area contributed by atoms with Crippen molar-refractivity contribution in [1.29, 1.82) is 0 Å². The molecule has 0 spiro atoms. The van der Waals surface area contributed by atoms with E-state index in [1.807, 2.05) is 58.0 Å². The fraction of sp³-hybridized carbons (Fsp3) is 0.500. The predicted octanol–water partition coefficient (Wildman–Crippen LogP) is 2.08. The predicted molar refractivity (Wildman–Crippen MR) is 104 cm³/mol. The quantitative estimate of drug-likeness (QED) is 0.371. The maximum Gasteiger partial charge on any atom is 0.272 e. The molecule has 158 valence electrons. The van der Waals surface area contributed by atoms with Gasteiger partial charge in [0, 0.05) is 5.56 Å². The number of aliphatic hydroxyl groups excluding tert-OH is 1. The van der Waals surface area contributed by atoms with Gasteiger partial charge < -0.3 is 14.9 Å². The van der Waals surface area contributed by atoms with Crippen LogP contribution in [-0.4, -0.2) is 38.4 Å². The normalized spacial score (nSPS) is 14.5. The highest BCUT2D eigenvalue weighted by molar-refractivity contribution is 5.88. The molecule has 1 aromatic heterocycles. The molecule has 0 saturated heterocycles. The molecule has 1 heterocycles. The van der Waals surface area contributed by atoms with Crippen LogP contribution in [0.15, 0.2) is 34.9 Å². The minimum atomic E-state index is -1.68. The highest BCUT2D eigenvalue weighted by atomic mass is 16.5. The van der Waals surface area contributed by atoms with Crippen LogP contribution in [0.1, 0.15) is 46.0 Å². The summed E-state index contributed by atoms with van der Waals surface area (Å²) in [6.45, 7) is 7.50. The van der Waals surface area contributed by atoms with Gasteiger partial charge in [-0.2, -0.15) is 4.98 Å². The van der Waals surface area contributed by atoms with Gasteiger partial charge in [0.15, 0.2) is 0 Å². The Morgan fingerprint density at radius 3 is 2.31 bits per heavy atom. The number of aliphatic hydroxyl groups is 1. The molecule has 1 aromatic carbocycles. The van der Waals surface area contributed by atoms with E-state index in [2.05, 4.69) is 15.5 Å². The SMILES string of the molecule is CC(C)C[C@H](C(=O)N[C@H](c1nc(-c2ccccc2)no1)C(C)C)[C@H](O)C(=O)NO. The molecule has 0 aliphatic heterocycles. The molecule has 0 fully saturated rings. The van der Waals surface area contributed by atoms with Crippen LogP contribution in [-0.2, 0) is 9.59 Å². The van der Waals surface area contributed by atoms with Crippen LogP contribution < -0.4 is 10.8 Å². The summed E-state index contributed by atoms with van der Waals surface area (Å²) in [5, 5.41) is 25.8. The number of benzene rings is 1. The summed E-state index contributed by atoms with van der Waals surface area (Å²) in [4.78, 5) is 28.9. The molecule has 3 atom stereocenters. The summed E-state index contributed by atoms with van der Waals surface area (Å²) in [6, 6.07) is 8.69. The molecule has 0 radical (unpaired) electrons. The van der Waals surface area contributed by atoms with Crippen molar-refractivity contribution in [3.63, 3.8) is 0 Å². The van der Waals surface area contributed by atoms with E-state index in [0.717, 1.165) is 5.56 Å². The molecule has 0 aliphatic carbocycles. The summed E-state index contributed by atoms with van der Waals surface area (Å²) >= 11 is 0. The van der Waals surface area contributed by atoms with E-state index in [4.69, 9.17) is 9.73 Å². The third-order valence-corrected chi connectivity index (χ3v) is 4.53. The lowest BCUT2D eigenvalue weighted by molar-refractivity contribution is -0.147. The first-order chi connectivity index (χ1) is 13.7. The van der Waals surface area contributed by atoms with E-state index in [1.54, 1.807) is 0 Å². The Kier molecular flexibility index (Phi) is 7.86. The molecule has 9 nitrogen and oxygen atoms in total. The van der Waals surface area contributed by atoms with Gasteiger partial charge in [-0.05, 0) is 18.3 Å². The number of aromatic nitrogens is 2. The highest BCUT2D eigenvalue weighted by Crippen LogP contribution is 2.25. The van der Waals surface area contributed by atoms with E-state index in [-0.39, 0.29) is 24.1 Å². The first-order valence-electron chi connectivity index (χ1n) is 9.56. The fourth-order valence-corrected chi connectivity index (χ4v) is 2.98. The van der Waals surface area contributed by atoms with Gasteiger partial charge in [-0.3, -0.25) is 14.8 Å². The zero-order chi connectivity index (χ0) is 21.6. The van der Waals surface area contributed by atoms with E-state index in [9.17, 15) is 14.7 Å². The van der Waals surface area contributed by atoms with Crippen molar-refractivity contribution in [1.82, 2.24) is 20.9 Å². The first-order valence-corrected chi connectivity index (χ1v) is 9.56. The van der Waals surface area contributed by atoms with Gasteiger partial charge in [-0.15, -0.1) is 0 Å². The average Bonchev–Trinajstić information content (AvgIpc) is 3.19. The Labute approximate surface area is 169 Å². The summed E-state index contributed by atoms with van der Waals surface area (Å²) in [6.07, 6.45) is -1.43. The molecular formula is C20H28N4O5. The van der Waals surface area contributed by atoms with Crippen LogP contribution >= 0.6 is 0 Å². The molecule has 2 amide bonds. The number of nitrogens with one attached hydrogen (secondary N) is 2. The van der Waals surface area contributed by atoms with Crippen molar-refractivity contribution in [3.05, 3.63) is 36.2 Å². The van der Waals surface area contributed by atoms with Gasteiger partial charge in [0.25, 0.3) is 5.91 Å². The van der Waals surface area contributed by atoms with Crippen LogP contribution in [0.5, 0.6) is 0 Å². The van der Waals surface area contributed by atoms with Crippen LogP contribution in [0.4, 0.5) is 0 Å². The van der Waals surface area contributed by atoms with Gasteiger partial charge in [-0.1, -0.05) is 63.2 Å². The van der Waals surface area contributed by atoms with Crippen molar-refractivity contribution >= 4 is 11.8 Å². The third kappa shape index (κ3) is 5.85. The van der Waals surface area contributed by atoms with Gasteiger partial charge in [-0.25, -0.2) is 5.48 Å². The van der Waals surface area contributed by atoms with Gasteiger partial charge in [0.2, 0.25) is 17.6 Å². The Hall–Kier alpha value is -2.78. The van der Waals surface area contributed by atoms with Crippen LogP contribution in [0.3, 0.4) is 0 Å². The number of hydroxylamine groups is 1. The Balaban J connectivity index is 2.23. The number of amides is 2. The number of carbonyl (C=O) groups is 2. The largest absolute Gasteiger partial charge is 0.382 e. The topological polar surface area (TPSA) is 138 Å². The first kappa shape index (κ1) is 22.5. The molecule has 2 rings (SSSR count). The molecule has 0 unspecified atom stereocenters. The number of nitrogens with zero attached hydrogens (tertiary/aromatic N) is 2. The van der Waals surface area contributed by atoms with Crippen molar-refractivity contribution in [2.75, 3.05) is 0 Å². The monoisotopic (exact) mass is 404 g/mol. The van der Waals surface area contributed by atoms with Crippen LogP contribution in [0.25, 0.3) is 11.4 Å². The summed E-state index contributed by atoms with van der Waals surface area (Å²) < 4.78 is 5.38. The number of hydrogen-bond donors (Lipinski definition) is 4.